The van der Waals surface area contributed by atoms with Gasteiger partial charge in [-0.05, 0) is 67.5 Å². The highest BCUT2D eigenvalue weighted by atomic mass is 16.2. The molecule has 0 spiro atoms. The van der Waals surface area contributed by atoms with Gasteiger partial charge in [-0.15, -0.1) is 0 Å². The molecule has 0 saturated heterocycles. The summed E-state index contributed by atoms with van der Waals surface area (Å²) in [6, 6.07) is 1.94. The normalized spacial score (nSPS) is 24.3. The molecule has 2 aliphatic heterocycles. The summed E-state index contributed by atoms with van der Waals surface area (Å²) in [5.41, 5.74) is 6.03. The van der Waals surface area contributed by atoms with Crippen LogP contribution >= 0.6 is 0 Å². The molecule has 1 aromatic carbocycles. The molecule has 4 nitrogen and oxygen atoms in total. The zero-order valence-electron chi connectivity index (χ0n) is 14.0. The minimum absolute atomic E-state index is 0.405. The molecule has 0 radical (unpaired) electrons. The van der Waals surface area contributed by atoms with Gasteiger partial charge in [0.2, 0.25) is 0 Å². The van der Waals surface area contributed by atoms with Gasteiger partial charge in [0.15, 0.2) is 0 Å². The molecule has 0 saturated carbocycles. The van der Waals surface area contributed by atoms with Crippen molar-refractivity contribution in [1.29, 1.82) is 0 Å². The van der Waals surface area contributed by atoms with Gasteiger partial charge in [0.05, 0.1) is 11.3 Å². The average Bonchev–Trinajstić information content (AvgIpc) is 2.82. The predicted octanol–water partition coefficient (Wildman–Crippen LogP) is 3.32. The third-order valence-electron chi connectivity index (χ3n) is 5.21. The SMILES string of the molecule is CN1CCc2c(C3=C/CCCC/C=C\3)cc3c(c2C1)NC(=O)C3=O. The van der Waals surface area contributed by atoms with E-state index in [0.717, 1.165) is 49.2 Å². The topological polar surface area (TPSA) is 49.4 Å². The first-order valence-corrected chi connectivity index (χ1v) is 8.75. The van der Waals surface area contributed by atoms with Crippen molar-refractivity contribution in [3.05, 3.63) is 46.5 Å². The van der Waals surface area contributed by atoms with E-state index in [-0.39, 0.29) is 0 Å². The number of Topliss-reactive ketones (excluding diaryl/α,β-unsaturated/α-hetero) is 1. The van der Waals surface area contributed by atoms with Crippen molar-refractivity contribution in [1.82, 2.24) is 4.90 Å². The maximum atomic E-state index is 12.3. The molecule has 0 fully saturated rings. The Kier molecular flexibility index (Phi) is 3.85. The number of fused-ring (bicyclic) bond motifs is 3. The average molecular weight is 322 g/mol. The molecule has 0 aromatic heterocycles. The van der Waals surface area contributed by atoms with Crippen LogP contribution in [0.25, 0.3) is 5.57 Å². The van der Waals surface area contributed by atoms with E-state index in [1.54, 1.807) is 0 Å². The summed E-state index contributed by atoms with van der Waals surface area (Å²) in [5.74, 6) is -0.905. The van der Waals surface area contributed by atoms with E-state index in [0.29, 0.717) is 5.56 Å². The van der Waals surface area contributed by atoms with Gasteiger partial charge >= 0.3 is 0 Å². The van der Waals surface area contributed by atoms with Crippen molar-refractivity contribution >= 4 is 23.0 Å². The van der Waals surface area contributed by atoms with Crippen LogP contribution in [0, 0.1) is 0 Å². The van der Waals surface area contributed by atoms with Gasteiger partial charge in [0, 0.05) is 13.1 Å². The number of carbonyl (C=O) groups excluding carboxylic acids is 2. The molecule has 2 heterocycles. The van der Waals surface area contributed by atoms with Crippen molar-refractivity contribution in [3.8, 4) is 0 Å². The number of anilines is 1. The molecule has 0 atom stereocenters. The highest BCUT2D eigenvalue weighted by Gasteiger charge is 2.34. The summed E-state index contributed by atoms with van der Waals surface area (Å²) >= 11 is 0. The standard InChI is InChI=1S/C20H22N2O2/c1-22-10-9-14-15(13-7-5-3-2-4-6-8-13)11-16-18(17(14)12-22)21-20(24)19(16)23/h5,7-8,11H,2-4,6,9-10,12H2,1H3,(H,21,23,24)/b7-5-,13-8+. The largest absolute Gasteiger partial charge is 0.318 e. The molecule has 1 aromatic rings. The molecule has 4 heteroatoms. The molecule has 124 valence electrons. The van der Waals surface area contributed by atoms with E-state index in [4.69, 9.17) is 0 Å². The fourth-order valence-electron chi connectivity index (χ4n) is 3.91. The molecule has 1 aliphatic carbocycles. The first-order chi connectivity index (χ1) is 11.6. The summed E-state index contributed by atoms with van der Waals surface area (Å²) in [7, 11) is 2.08. The second-order valence-corrected chi connectivity index (χ2v) is 6.92. The Morgan fingerprint density at radius 3 is 2.79 bits per heavy atom. The van der Waals surface area contributed by atoms with Crippen LogP contribution in [0.5, 0.6) is 0 Å². The lowest BCUT2D eigenvalue weighted by Gasteiger charge is -2.29. The number of rotatable bonds is 1. The monoisotopic (exact) mass is 322 g/mol. The van der Waals surface area contributed by atoms with Crippen LogP contribution in [0.1, 0.15) is 52.7 Å². The number of benzene rings is 1. The van der Waals surface area contributed by atoms with Crippen molar-refractivity contribution in [2.24, 2.45) is 0 Å². The Morgan fingerprint density at radius 2 is 1.92 bits per heavy atom. The van der Waals surface area contributed by atoms with Crippen LogP contribution in [0.15, 0.2) is 24.3 Å². The highest BCUT2D eigenvalue weighted by Crippen LogP contribution is 2.38. The number of hydrogen-bond donors (Lipinski definition) is 1. The molecule has 1 amide bonds. The summed E-state index contributed by atoms with van der Waals surface area (Å²) in [6.07, 6.45) is 12.2. The molecule has 0 unspecified atom stereocenters. The second-order valence-electron chi connectivity index (χ2n) is 6.92. The molecule has 1 N–H and O–H groups in total. The van der Waals surface area contributed by atoms with Crippen LogP contribution in [0.4, 0.5) is 5.69 Å². The Labute approximate surface area is 142 Å². The fourth-order valence-corrected chi connectivity index (χ4v) is 3.91. The maximum absolute atomic E-state index is 12.3. The second kappa shape index (κ2) is 6.02. The summed E-state index contributed by atoms with van der Waals surface area (Å²) in [5, 5.41) is 2.80. The van der Waals surface area contributed by atoms with Gasteiger partial charge in [-0.25, -0.2) is 0 Å². The predicted molar refractivity (Wildman–Crippen MR) is 95.0 cm³/mol. The number of nitrogens with one attached hydrogen (secondary N) is 1. The van der Waals surface area contributed by atoms with Gasteiger partial charge in [0.25, 0.3) is 11.7 Å². The van der Waals surface area contributed by atoms with Crippen molar-refractivity contribution in [3.63, 3.8) is 0 Å². The number of amides is 1. The van der Waals surface area contributed by atoms with E-state index in [1.165, 1.54) is 24.0 Å². The molecule has 4 rings (SSSR count). The first-order valence-electron chi connectivity index (χ1n) is 8.75. The Balaban J connectivity index is 1.90. The molecule has 24 heavy (non-hydrogen) atoms. The van der Waals surface area contributed by atoms with Gasteiger partial charge < -0.3 is 10.2 Å². The van der Waals surface area contributed by atoms with E-state index in [1.807, 2.05) is 6.07 Å². The summed E-state index contributed by atoms with van der Waals surface area (Å²) < 4.78 is 0. The first kappa shape index (κ1) is 15.3. The molecule has 3 aliphatic rings. The van der Waals surface area contributed by atoms with E-state index >= 15 is 0 Å². The zero-order valence-corrected chi connectivity index (χ0v) is 14.0. The van der Waals surface area contributed by atoms with Crippen molar-refractivity contribution < 1.29 is 9.59 Å². The van der Waals surface area contributed by atoms with Crippen LogP contribution in [-0.2, 0) is 17.8 Å². The number of ketones is 1. The lowest BCUT2D eigenvalue weighted by atomic mass is 9.86. The number of nitrogens with zero attached hydrogens (tertiary/aromatic N) is 1. The minimum atomic E-state index is -0.500. The van der Waals surface area contributed by atoms with E-state index in [2.05, 4.69) is 35.5 Å². The number of allylic oxidation sites excluding steroid dienone is 4. The van der Waals surface area contributed by atoms with Crippen LogP contribution in [-0.4, -0.2) is 30.2 Å². The number of likely N-dealkylation sites (N-methyl/N-ethyl adjacent to an activating group) is 1. The number of hydrogen-bond acceptors (Lipinski definition) is 3. The zero-order chi connectivity index (χ0) is 16.7. The third kappa shape index (κ3) is 2.51. The lowest BCUT2D eigenvalue weighted by Crippen LogP contribution is -2.28. The van der Waals surface area contributed by atoms with E-state index in [9.17, 15) is 9.59 Å². The Hall–Kier alpha value is -2.20. The lowest BCUT2D eigenvalue weighted by molar-refractivity contribution is -0.112. The van der Waals surface area contributed by atoms with E-state index < -0.39 is 11.7 Å². The van der Waals surface area contributed by atoms with Crippen molar-refractivity contribution in [2.75, 3.05) is 18.9 Å². The molecular weight excluding hydrogens is 300 g/mol. The Bertz CT molecular complexity index is 789. The van der Waals surface area contributed by atoms with Crippen LogP contribution < -0.4 is 5.32 Å². The smallest absolute Gasteiger partial charge is 0.296 e. The quantitative estimate of drug-likeness (QED) is 0.807. The van der Waals surface area contributed by atoms with Gasteiger partial charge in [-0.1, -0.05) is 18.2 Å². The molecular formula is C20H22N2O2. The van der Waals surface area contributed by atoms with Gasteiger partial charge in [-0.3, -0.25) is 9.59 Å². The van der Waals surface area contributed by atoms with Gasteiger partial charge in [-0.2, -0.15) is 0 Å². The van der Waals surface area contributed by atoms with Gasteiger partial charge in [0.1, 0.15) is 0 Å². The summed E-state index contributed by atoms with van der Waals surface area (Å²) in [4.78, 5) is 26.4. The third-order valence-corrected chi connectivity index (χ3v) is 5.21. The Morgan fingerprint density at radius 1 is 1.08 bits per heavy atom. The van der Waals surface area contributed by atoms with Crippen LogP contribution in [0.3, 0.4) is 0 Å². The highest BCUT2D eigenvalue weighted by molar-refractivity contribution is 6.52. The maximum Gasteiger partial charge on any atom is 0.296 e. The summed E-state index contributed by atoms with van der Waals surface area (Å²) in [6.45, 7) is 1.77. The number of carbonyl (C=O) groups is 2. The van der Waals surface area contributed by atoms with Crippen LogP contribution in [0.2, 0.25) is 0 Å². The minimum Gasteiger partial charge on any atom is -0.318 e. The molecule has 0 bridgehead atoms. The fraction of sp³-hybridized carbons (Fsp3) is 0.400. The van der Waals surface area contributed by atoms with Crippen molar-refractivity contribution in [2.45, 2.75) is 38.6 Å².